The first-order valence-electron chi connectivity index (χ1n) is 9.67. The molecule has 0 spiro atoms. The van der Waals surface area contributed by atoms with Gasteiger partial charge in [-0.1, -0.05) is 45.1 Å². The third kappa shape index (κ3) is 4.53. The van der Waals surface area contributed by atoms with E-state index in [2.05, 4.69) is 30.3 Å². The highest BCUT2D eigenvalue weighted by Gasteiger charge is 2.39. The monoisotopic (exact) mass is 430 g/mol. The summed E-state index contributed by atoms with van der Waals surface area (Å²) in [6.07, 6.45) is 16.3. The molecule has 2 aliphatic heterocycles. The molecule has 3 heteroatoms. The van der Waals surface area contributed by atoms with Crippen molar-refractivity contribution in [3.8, 4) is 0 Å². The number of likely N-dealkylation sites (tertiary alicyclic amines) is 1. The average molecular weight is 430 g/mol. The SMILES string of the molecule is CCCCCCCCC1=C2CC[C@H]3CCN(C)[C@H]3C2=CCN1.I. The van der Waals surface area contributed by atoms with Crippen LogP contribution in [0, 0.1) is 5.92 Å². The molecule has 1 aliphatic carbocycles. The molecule has 1 saturated carbocycles. The van der Waals surface area contributed by atoms with Gasteiger partial charge in [0.2, 0.25) is 0 Å². The highest BCUT2D eigenvalue weighted by Crippen LogP contribution is 2.43. The smallest absolute Gasteiger partial charge is 0.0374 e. The van der Waals surface area contributed by atoms with Crippen LogP contribution in [0.15, 0.2) is 22.9 Å². The average Bonchev–Trinajstić information content (AvgIpc) is 2.92. The lowest BCUT2D eigenvalue weighted by atomic mass is 9.76. The van der Waals surface area contributed by atoms with E-state index in [0.717, 1.165) is 18.5 Å². The summed E-state index contributed by atoms with van der Waals surface area (Å²) in [5, 5.41) is 3.70. The van der Waals surface area contributed by atoms with Crippen LogP contribution in [-0.4, -0.2) is 31.1 Å². The van der Waals surface area contributed by atoms with Crippen LogP contribution in [0.4, 0.5) is 0 Å². The molecule has 0 radical (unpaired) electrons. The molecule has 1 saturated heterocycles. The van der Waals surface area contributed by atoms with Gasteiger partial charge >= 0.3 is 0 Å². The van der Waals surface area contributed by atoms with Crippen molar-refractivity contribution in [2.45, 2.75) is 77.2 Å². The molecule has 0 aromatic heterocycles. The Balaban J connectivity index is 0.00000192. The summed E-state index contributed by atoms with van der Waals surface area (Å²) in [4.78, 5) is 2.60. The minimum absolute atomic E-state index is 0. The lowest BCUT2D eigenvalue weighted by Crippen LogP contribution is -2.38. The van der Waals surface area contributed by atoms with E-state index in [4.69, 9.17) is 0 Å². The van der Waals surface area contributed by atoms with Gasteiger partial charge in [-0.15, -0.1) is 24.0 Å². The van der Waals surface area contributed by atoms with Gasteiger partial charge < -0.3 is 5.32 Å². The minimum atomic E-state index is 0. The van der Waals surface area contributed by atoms with Crippen molar-refractivity contribution in [1.82, 2.24) is 10.2 Å². The molecule has 132 valence electrons. The number of unbranched alkanes of at least 4 members (excludes halogenated alkanes) is 5. The number of nitrogens with zero attached hydrogens (tertiary/aromatic N) is 1. The van der Waals surface area contributed by atoms with Crippen LogP contribution in [0.1, 0.15) is 71.1 Å². The highest BCUT2D eigenvalue weighted by molar-refractivity contribution is 14.0. The van der Waals surface area contributed by atoms with Crippen LogP contribution in [0.3, 0.4) is 0 Å². The Morgan fingerprint density at radius 3 is 2.74 bits per heavy atom. The van der Waals surface area contributed by atoms with Gasteiger partial charge in [0.1, 0.15) is 0 Å². The Morgan fingerprint density at radius 1 is 1.13 bits per heavy atom. The fraction of sp³-hybridized carbons (Fsp3) is 0.800. The number of hydrogen-bond acceptors (Lipinski definition) is 2. The molecule has 0 bridgehead atoms. The van der Waals surface area contributed by atoms with Gasteiger partial charge in [0.05, 0.1) is 0 Å². The predicted octanol–water partition coefficient (Wildman–Crippen LogP) is 5.25. The van der Waals surface area contributed by atoms with Gasteiger partial charge in [-0.25, -0.2) is 0 Å². The summed E-state index contributed by atoms with van der Waals surface area (Å²) in [5.41, 5.74) is 4.97. The first-order valence-corrected chi connectivity index (χ1v) is 9.67. The van der Waals surface area contributed by atoms with Crippen molar-refractivity contribution in [3.63, 3.8) is 0 Å². The Morgan fingerprint density at radius 2 is 1.91 bits per heavy atom. The van der Waals surface area contributed by atoms with Crippen molar-refractivity contribution in [2.75, 3.05) is 20.1 Å². The standard InChI is InChI=1S/C20H34N2.HI/c1-3-4-5-6-7-8-9-19-17-11-10-16-13-15-22(2)20(16)18(17)12-14-21-19;/h12,16,20-21H,3-11,13-15H2,1-2H3;1H/t16-,20+;/m0./s1. The van der Waals surface area contributed by atoms with Gasteiger partial charge in [-0.2, -0.15) is 0 Å². The number of halogens is 1. The predicted molar refractivity (Wildman–Crippen MR) is 110 cm³/mol. The molecule has 2 fully saturated rings. The zero-order chi connectivity index (χ0) is 15.4. The van der Waals surface area contributed by atoms with Gasteiger partial charge in [-0.05, 0) is 62.8 Å². The van der Waals surface area contributed by atoms with Crippen molar-refractivity contribution in [3.05, 3.63) is 22.9 Å². The molecule has 3 aliphatic rings. The van der Waals surface area contributed by atoms with Crippen LogP contribution in [0.2, 0.25) is 0 Å². The summed E-state index contributed by atoms with van der Waals surface area (Å²) in [5.74, 6) is 0.924. The summed E-state index contributed by atoms with van der Waals surface area (Å²) in [6.45, 7) is 4.64. The topological polar surface area (TPSA) is 15.3 Å². The molecule has 2 atom stereocenters. The maximum absolute atomic E-state index is 3.70. The Hall–Kier alpha value is -0.0300. The first-order chi connectivity index (χ1) is 10.8. The van der Waals surface area contributed by atoms with E-state index >= 15 is 0 Å². The maximum Gasteiger partial charge on any atom is 0.0374 e. The number of hydrogen-bond donors (Lipinski definition) is 1. The van der Waals surface area contributed by atoms with Crippen LogP contribution < -0.4 is 5.32 Å². The second-order valence-electron chi connectivity index (χ2n) is 7.53. The van der Waals surface area contributed by atoms with Gasteiger partial charge in [0.25, 0.3) is 0 Å². The molecule has 2 nitrogen and oxygen atoms in total. The fourth-order valence-electron chi connectivity index (χ4n) is 4.75. The van der Waals surface area contributed by atoms with E-state index in [1.807, 2.05) is 0 Å². The molecule has 0 unspecified atom stereocenters. The molecule has 0 aromatic rings. The number of dihydropyridines is 1. The molecule has 0 aromatic carbocycles. The van der Waals surface area contributed by atoms with Crippen molar-refractivity contribution in [1.29, 1.82) is 0 Å². The fourth-order valence-corrected chi connectivity index (χ4v) is 4.75. The summed E-state index contributed by atoms with van der Waals surface area (Å²) < 4.78 is 0. The van der Waals surface area contributed by atoms with Crippen LogP contribution in [0.25, 0.3) is 0 Å². The molecule has 23 heavy (non-hydrogen) atoms. The summed E-state index contributed by atoms with van der Waals surface area (Å²) in [7, 11) is 2.32. The second kappa shape index (κ2) is 9.45. The van der Waals surface area contributed by atoms with Crippen molar-refractivity contribution in [2.24, 2.45) is 5.92 Å². The molecule has 3 rings (SSSR count). The molecule has 2 heterocycles. The Bertz CT molecular complexity index is 441. The van der Waals surface area contributed by atoms with E-state index in [-0.39, 0.29) is 24.0 Å². The van der Waals surface area contributed by atoms with E-state index in [0.29, 0.717) is 0 Å². The molecule has 0 amide bonds. The van der Waals surface area contributed by atoms with Crippen LogP contribution in [0.5, 0.6) is 0 Å². The zero-order valence-corrected chi connectivity index (χ0v) is 17.4. The number of nitrogens with one attached hydrogen (secondary N) is 1. The largest absolute Gasteiger partial charge is 0.385 e. The molecular weight excluding hydrogens is 395 g/mol. The molecular formula is C20H35IN2. The first kappa shape index (κ1) is 19.3. The van der Waals surface area contributed by atoms with E-state index in [1.54, 1.807) is 16.8 Å². The molecule has 1 N–H and O–H groups in total. The lowest BCUT2D eigenvalue weighted by Gasteiger charge is -2.37. The number of rotatable bonds is 7. The summed E-state index contributed by atoms with van der Waals surface area (Å²) >= 11 is 0. The van der Waals surface area contributed by atoms with E-state index < -0.39 is 0 Å². The lowest BCUT2D eigenvalue weighted by molar-refractivity contribution is 0.286. The number of likely N-dealkylation sites (N-methyl/N-ethyl adjacent to an activating group) is 1. The van der Waals surface area contributed by atoms with Gasteiger partial charge in [-0.3, -0.25) is 4.90 Å². The van der Waals surface area contributed by atoms with Gasteiger partial charge in [0.15, 0.2) is 0 Å². The summed E-state index contributed by atoms with van der Waals surface area (Å²) in [6, 6.07) is 0.727. The Labute approximate surface area is 160 Å². The number of fused-ring (bicyclic) bond motifs is 3. The number of allylic oxidation sites excluding steroid dienone is 1. The third-order valence-electron chi connectivity index (χ3n) is 5.99. The third-order valence-corrected chi connectivity index (χ3v) is 5.99. The highest BCUT2D eigenvalue weighted by atomic mass is 127. The minimum Gasteiger partial charge on any atom is -0.385 e. The van der Waals surface area contributed by atoms with E-state index in [9.17, 15) is 0 Å². The van der Waals surface area contributed by atoms with Crippen LogP contribution >= 0.6 is 24.0 Å². The Kier molecular flexibility index (Phi) is 7.93. The van der Waals surface area contributed by atoms with Crippen molar-refractivity contribution >= 4 is 24.0 Å². The quantitative estimate of drug-likeness (QED) is 0.438. The van der Waals surface area contributed by atoms with E-state index in [1.165, 1.54) is 70.8 Å². The second-order valence-corrected chi connectivity index (χ2v) is 7.53. The zero-order valence-electron chi connectivity index (χ0n) is 15.1. The van der Waals surface area contributed by atoms with Gasteiger partial charge in [0, 0.05) is 18.3 Å². The van der Waals surface area contributed by atoms with Crippen molar-refractivity contribution < 1.29 is 0 Å². The van der Waals surface area contributed by atoms with Crippen LogP contribution in [-0.2, 0) is 0 Å². The maximum atomic E-state index is 3.70. The normalized spacial score (nSPS) is 27.0.